The van der Waals surface area contributed by atoms with Crippen LogP contribution in [0.4, 0.5) is 4.39 Å². The number of benzene rings is 3. The minimum Gasteiger partial charge on any atom is -0.490 e. The molecule has 4 aromatic rings. The summed E-state index contributed by atoms with van der Waals surface area (Å²) < 4.78 is 21.7. The van der Waals surface area contributed by atoms with Crippen molar-refractivity contribution in [3.63, 3.8) is 0 Å². The largest absolute Gasteiger partial charge is 0.490 e. The minimum atomic E-state index is -0.859. The third-order valence-electron chi connectivity index (χ3n) is 7.67. The van der Waals surface area contributed by atoms with Gasteiger partial charge < -0.3 is 9.84 Å². The number of rotatable bonds is 9. The van der Waals surface area contributed by atoms with Gasteiger partial charge in [-0.1, -0.05) is 55.8 Å². The molecule has 0 unspecified atom stereocenters. The molecule has 1 saturated carbocycles. The van der Waals surface area contributed by atoms with E-state index in [4.69, 9.17) is 4.74 Å². The van der Waals surface area contributed by atoms with E-state index in [-0.39, 0.29) is 23.6 Å². The lowest BCUT2D eigenvalue weighted by Gasteiger charge is -2.26. The van der Waals surface area contributed by atoms with Crippen LogP contribution in [0.2, 0.25) is 0 Å². The van der Waals surface area contributed by atoms with Gasteiger partial charge in [0.25, 0.3) is 5.56 Å². The summed E-state index contributed by atoms with van der Waals surface area (Å²) in [7, 11) is 0. The summed E-state index contributed by atoms with van der Waals surface area (Å²) in [4.78, 5) is 18.5. The first-order valence-electron chi connectivity index (χ1n) is 14.2. The Morgan fingerprint density at radius 2 is 1.73 bits per heavy atom. The monoisotopic (exact) mass is 551 g/mol. The van der Waals surface area contributed by atoms with Crippen LogP contribution in [0.15, 0.2) is 77.6 Å². The highest BCUT2D eigenvalue weighted by atomic mass is 19.1. The van der Waals surface area contributed by atoms with Gasteiger partial charge in [0, 0.05) is 12.0 Å². The lowest BCUT2D eigenvalue weighted by Crippen LogP contribution is -2.29. The summed E-state index contributed by atoms with van der Waals surface area (Å²) in [6.07, 6.45) is 4.58. The van der Waals surface area contributed by atoms with Crippen LogP contribution < -0.4 is 10.3 Å². The van der Waals surface area contributed by atoms with Crippen molar-refractivity contribution >= 4 is 0 Å². The van der Waals surface area contributed by atoms with Gasteiger partial charge in [-0.2, -0.15) is 5.26 Å². The zero-order valence-electron chi connectivity index (χ0n) is 23.2. The van der Waals surface area contributed by atoms with Crippen LogP contribution in [0.25, 0.3) is 16.8 Å². The summed E-state index contributed by atoms with van der Waals surface area (Å²) in [6.45, 7) is 1.15. The Morgan fingerprint density at radius 3 is 2.39 bits per heavy atom. The van der Waals surface area contributed by atoms with Crippen LogP contribution >= 0.6 is 0 Å². The third kappa shape index (κ3) is 6.39. The van der Waals surface area contributed by atoms with Gasteiger partial charge in [-0.3, -0.25) is 9.36 Å². The predicted molar refractivity (Wildman–Crippen MR) is 157 cm³/mol. The number of aliphatic hydroxyl groups is 1. The molecule has 1 aliphatic rings. The fraction of sp³-hybridized carbons (Fsp3) is 0.324. The summed E-state index contributed by atoms with van der Waals surface area (Å²) in [5, 5.41) is 19.2. The SMILES string of the molecule is CCCc1nc(CF)n(-c2ccc(OC3CCC(O)CC3)cc2)c(=O)c1Cc1ccc(-c2ccccc2C#N)cc1. The molecule has 0 saturated heterocycles. The van der Waals surface area contributed by atoms with E-state index in [1.54, 1.807) is 30.3 Å². The summed E-state index contributed by atoms with van der Waals surface area (Å²) in [6, 6.07) is 24.7. The summed E-state index contributed by atoms with van der Waals surface area (Å²) >= 11 is 0. The number of aromatic nitrogens is 2. The maximum Gasteiger partial charge on any atom is 0.261 e. The van der Waals surface area contributed by atoms with E-state index in [1.807, 2.05) is 49.4 Å². The van der Waals surface area contributed by atoms with Gasteiger partial charge in [0.1, 0.15) is 18.2 Å². The van der Waals surface area contributed by atoms with E-state index < -0.39 is 6.67 Å². The fourth-order valence-electron chi connectivity index (χ4n) is 5.49. The van der Waals surface area contributed by atoms with Crippen molar-refractivity contribution in [1.29, 1.82) is 5.26 Å². The van der Waals surface area contributed by atoms with E-state index in [0.717, 1.165) is 48.8 Å². The molecular weight excluding hydrogens is 517 g/mol. The van der Waals surface area contributed by atoms with Gasteiger partial charge in [0.15, 0.2) is 0 Å². The molecule has 0 spiro atoms. The molecule has 1 N–H and O–H groups in total. The number of aryl methyl sites for hydroxylation is 1. The van der Waals surface area contributed by atoms with Crippen LogP contribution in [0.1, 0.15) is 67.2 Å². The second-order valence-electron chi connectivity index (χ2n) is 10.6. The molecule has 210 valence electrons. The number of aliphatic hydroxyl groups excluding tert-OH is 1. The molecule has 0 aliphatic heterocycles. The molecule has 1 fully saturated rings. The molecule has 0 radical (unpaired) electrons. The normalized spacial score (nSPS) is 16.7. The maximum absolute atomic E-state index is 14.2. The van der Waals surface area contributed by atoms with Gasteiger partial charge in [0.05, 0.1) is 35.2 Å². The second kappa shape index (κ2) is 12.9. The van der Waals surface area contributed by atoms with E-state index in [1.165, 1.54) is 4.57 Å². The zero-order valence-corrected chi connectivity index (χ0v) is 23.2. The van der Waals surface area contributed by atoms with Crippen molar-refractivity contribution in [2.45, 2.75) is 70.8 Å². The summed E-state index contributed by atoms with van der Waals surface area (Å²) in [5.74, 6) is 0.763. The Balaban J connectivity index is 1.44. The number of nitriles is 1. The Kier molecular flexibility index (Phi) is 8.91. The highest BCUT2D eigenvalue weighted by Crippen LogP contribution is 2.26. The molecule has 1 aromatic heterocycles. The lowest BCUT2D eigenvalue weighted by molar-refractivity contribution is 0.0666. The molecule has 0 amide bonds. The third-order valence-corrected chi connectivity index (χ3v) is 7.67. The molecule has 7 heteroatoms. The smallest absolute Gasteiger partial charge is 0.261 e. The number of alkyl halides is 1. The van der Waals surface area contributed by atoms with Crippen molar-refractivity contribution in [3.8, 4) is 28.6 Å². The zero-order chi connectivity index (χ0) is 28.8. The molecule has 1 aliphatic carbocycles. The molecule has 41 heavy (non-hydrogen) atoms. The molecule has 6 nitrogen and oxygen atoms in total. The standard InChI is InChI=1S/C34H34FN3O3/c1-2-5-32-31(20-23-8-10-24(11-9-23)30-7-4-3-6-25(30)22-36)34(40)38(33(21-35)37-32)26-12-16-28(17-13-26)41-29-18-14-27(39)15-19-29/h3-4,6-13,16-17,27,29,39H,2,5,14-15,18-21H2,1H3. The Hall–Kier alpha value is -4.28. The highest BCUT2D eigenvalue weighted by molar-refractivity contribution is 5.70. The van der Waals surface area contributed by atoms with Crippen molar-refractivity contribution < 1.29 is 14.2 Å². The van der Waals surface area contributed by atoms with Gasteiger partial charge in [-0.05, 0) is 79.1 Å². The van der Waals surface area contributed by atoms with Crippen LogP contribution in [0.5, 0.6) is 5.75 Å². The van der Waals surface area contributed by atoms with Crippen molar-refractivity contribution in [1.82, 2.24) is 9.55 Å². The number of ether oxygens (including phenoxy) is 1. The number of halogens is 1. The lowest BCUT2D eigenvalue weighted by atomic mass is 9.95. The molecule has 0 atom stereocenters. The Bertz CT molecular complexity index is 1580. The van der Waals surface area contributed by atoms with E-state index in [0.29, 0.717) is 41.1 Å². The van der Waals surface area contributed by atoms with Gasteiger partial charge >= 0.3 is 0 Å². The first-order valence-corrected chi connectivity index (χ1v) is 14.2. The molecule has 5 rings (SSSR count). The summed E-state index contributed by atoms with van der Waals surface area (Å²) in [5.41, 5.74) is 4.76. The van der Waals surface area contributed by atoms with Crippen LogP contribution in [-0.2, 0) is 19.5 Å². The average molecular weight is 552 g/mol. The van der Waals surface area contributed by atoms with Crippen LogP contribution in [-0.4, -0.2) is 26.9 Å². The number of hydrogen-bond donors (Lipinski definition) is 1. The van der Waals surface area contributed by atoms with E-state index >= 15 is 0 Å². The maximum atomic E-state index is 14.2. The number of nitrogens with zero attached hydrogens (tertiary/aromatic N) is 3. The second-order valence-corrected chi connectivity index (χ2v) is 10.6. The highest BCUT2D eigenvalue weighted by Gasteiger charge is 2.21. The molecule has 3 aromatic carbocycles. The first kappa shape index (κ1) is 28.3. The Labute approximate surface area is 239 Å². The van der Waals surface area contributed by atoms with E-state index in [2.05, 4.69) is 11.1 Å². The molecular formula is C34H34FN3O3. The minimum absolute atomic E-state index is 0.0507. The number of hydrogen-bond acceptors (Lipinski definition) is 5. The van der Waals surface area contributed by atoms with Gasteiger partial charge in [0.2, 0.25) is 0 Å². The predicted octanol–water partition coefficient (Wildman–Crippen LogP) is 6.47. The first-order chi connectivity index (χ1) is 20.0. The average Bonchev–Trinajstić information content (AvgIpc) is 3.01. The van der Waals surface area contributed by atoms with Crippen molar-refractivity contribution in [2.24, 2.45) is 0 Å². The van der Waals surface area contributed by atoms with Crippen LogP contribution in [0, 0.1) is 11.3 Å². The quantitative estimate of drug-likeness (QED) is 0.258. The molecule has 1 heterocycles. The topological polar surface area (TPSA) is 88.1 Å². The van der Waals surface area contributed by atoms with Crippen LogP contribution in [0.3, 0.4) is 0 Å². The Morgan fingerprint density at radius 1 is 1.02 bits per heavy atom. The van der Waals surface area contributed by atoms with Gasteiger partial charge in [-0.15, -0.1) is 0 Å². The molecule has 0 bridgehead atoms. The van der Waals surface area contributed by atoms with Crippen molar-refractivity contribution in [2.75, 3.05) is 0 Å². The van der Waals surface area contributed by atoms with Gasteiger partial charge in [-0.25, -0.2) is 9.37 Å². The fourth-order valence-corrected chi connectivity index (χ4v) is 5.49. The van der Waals surface area contributed by atoms with E-state index in [9.17, 15) is 19.6 Å². The van der Waals surface area contributed by atoms with Crippen molar-refractivity contribution in [3.05, 3.63) is 111 Å².